The Kier molecular flexibility index (Phi) is 8.56. The van der Waals surface area contributed by atoms with Gasteiger partial charge in [-0.25, -0.2) is 0 Å². The number of hydrogen-bond donors (Lipinski definition) is 0. The van der Waals surface area contributed by atoms with Gasteiger partial charge in [-0.1, -0.05) is 89.5 Å². The molecule has 0 amide bonds. The van der Waals surface area contributed by atoms with Gasteiger partial charge in [-0.05, 0) is 54.9 Å². The lowest BCUT2D eigenvalue weighted by molar-refractivity contribution is 0.108. The Morgan fingerprint density at radius 2 is 0.710 bits per heavy atom. The number of hydrogen-bond acceptors (Lipinski definition) is 6. The zero-order valence-corrected chi connectivity index (χ0v) is 20.7. The lowest BCUT2D eigenvalue weighted by Crippen LogP contribution is -1.96. The second-order valence-electron chi connectivity index (χ2n) is 6.96. The molecule has 0 aliphatic carbocycles. The summed E-state index contributed by atoms with van der Waals surface area (Å²) in [4.78, 5) is 38.5. The molecule has 0 bridgehead atoms. The molecule has 0 unspecified atom stereocenters. The monoisotopic (exact) mass is 484 g/mol. The van der Waals surface area contributed by atoms with Crippen LogP contribution in [-0.2, 0) is 0 Å². The maximum absolute atomic E-state index is 12.8. The molecule has 0 radical (unpaired) electrons. The largest absolute Gasteiger partial charge is 0.281 e. The van der Waals surface area contributed by atoms with E-state index in [0.29, 0.717) is 16.7 Å². The minimum Gasteiger partial charge on any atom is -0.281 e. The highest BCUT2D eigenvalue weighted by atomic mass is 33.4. The van der Waals surface area contributed by atoms with Crippen molar-refractivity contribution in [2.24, 2.45) is 0 Å². The van der Waals surface area contributed by atoms with Crippen molar-refractivity contribution in [3.8, 4) is 0 Å². The first kappa shape index (κ1) is 23.8. The molecular formula is C24H21O3PS3. The van der Waals surface area contributed by atoms with Crippen LogP contribution in [0.1, 0.15) is 47.8 Å². The second kappa shape index (κ2) is 11.1. The molecule has 31 heavy (non-hydrogen) atoms. The third kappa shape index (κ3) is 7.08. The van der Waals surface area contributed by atoms with Crippen LogP contribution in [0, 0.1) is 20.8 Å². The van der Waals surface area contributed by atoms with Crippen molar-refractivity contribution < 1.29 is 14.4 Å². The van der Waals surface area contributed by atoms with Crippen LogP contribution in [0.4, 0.5) is 0 Å². The summed E-state index contributed by atoms with van der Waals surface area (Å²) in [6.07, 6.45) is 0. The Bertz CT molecular complexity index is 937. The molecule has 0 atom stereocenters. The Balaban J connectivity index is 1.78. The maximum Gasteiger partial charge on any atom is 0.225 e. The van der Waals surface area contributed by atoms with Crippen molar-refractivity contribution in [2.75, 3.05) is 0 Å². The highest BCUT2D eigenvalue weighted by Crippen LogP contribution is 2.72. The fraction of sp³-hybridized carbons (Fsp3) is 0.125. The van der Waals surface area contributed by atoms with Crippen LogP contribution >= 0.6 is 39.7 Å². The molecule has 0 saturated heterocycles. The van der Waals surface area contributed by atoms with Crippen molar-refractivity contribution in [1.82, 2.24) is 0 Å². The highest BCUT2D eigenvalue weighted by Gasteiger charge is 2.25. The van der Waals surface area contributed by atoms with Gasteiger partial charge in [0.1, 0.15) is 0 Å². The van der Waals surface area contributed by atoms with Crippen molar-refractivity contribution in [1.29, 1.82) is 0 Å². The first-order valence-corrected chi connectivity index (χ1v) is 15.1. The molecule has 0 aliphatic rings. The van der Waals surface area contributed by atoms with E-state index in [2.05, 4.69) is 0 Å². The van der Waals surface area contributed by atoms with Gasteiger partial charge < -0.3 is 0 Å². The molecule has 0 spiro atoms. The van der Waals surface area contributed by atoms with Crippen molar-refractivity contribution in [3.63, 3.8) is 0 Å². The third-order valence-corrected chi connectivity index (χ3v) is 12.8. The predicted octanol–water partition coefficient (Wildman–Crippen LogP) is 7.86. The minimum atomic E-state index is -1.37. The van der Waals surface area contributed by atoms with E-state index >= 15 is 0 Å². The third-order valence-electron chi connectivity index (χ3n) is 4.33. The van der Waals surface area contributed by atoms with Crippen LogP contribution in [0.5, 0.6) is 0 Å². The maximum atomic E-state index is 12.8. The molecule has 0 heterocycles. The Hall–Kier alpha value is -1.85. The van der Waals surface area contributed by atoms with E-state index < -0.39 is 5.53 Å². The van der Waals surface area contributed by atoms with Crippen molar-refractivity contribution >= 4 is 55.0 Å². The molecule has 0 N–H and O–H groups in total. The summed E-state index contributed by atoms with van der Waals surface area (Å²) in [5, 5.41) is -0.418. The quantitative estimate of drug-likeness (QED) is 0.332. The first-order chi connectivity index (χ1) is 14.8. The summed E-state index contributed by atoms with van der Waals surface area (Å²) >= 11 is 3.20. The Morgan fingerprint density at radius 1 is 0.484 bits per heavy atom. The molecule has 7 heteroatoms. The van der Waals surface area contributed by atoms with Crippen LogP contribution in [0.15, 0.2) is 72.8 Å². The van der Waals surface area contributed by atoms with Crippen LogP contribution in [-0.4, -0.2) is 15.3 Å². The fourth-order valence-electron chi connectivity index (χ4n) is 2.49. The number of benzene rings is 3. The molecule has 0 fully saturated rings. The number of carbonyl (C=O) groups is 3. The molecule has 158 valence electrons. The van der Waals surface area contributed by atoms with Crippen LogP contribution in [0.3, 0.4) is 0 Å². The van der Waals surface area contributed by atoms with Gasteiger partial charge in [0.25, 0.3) is 0 Å². The average molecular weight is 485 g/mol. The topological polar surface area (TPSA) is 51.2 Å². The van der Waals surface area contributed by atoms with Crippen molar-refractivity contribution in [3.05, 3.63) is 106 Å². The lowest BCUT2D eigenvalue weighted by Gasteiger charge is -2.13. The summed E-state index contributed by atoms with van der Waals surface area (Å²) < 4.78 is 0. The standard InChI is InChI=1S/C24H21O3PS3/c1-16-4-10-19(11-5-16)22(25)29-28(30-23(26)20-12-6-17(2)7-13-20)31-24(27)21-14-8-18(3)9-15-21/h4-15H,1-3H3. The summed E-state index contributed by atoms with van der Waals surface area (Å²) in [5.74, 6) is 0. The Labute approximate surface area is 195 Å². The van der Waals surface area contributed by atoms with Crippen molar-refractivity contribution in [2.45, 2.75) is 20.8 Å². The van der Waals surface area contributed by atoms with Gasteiger partial charge in [0.05, 0.1) is 5.53 Å². The number of rotatable bonds is 6. The van der Waals surface area contributed by atoms with E-state index in [1.165, 1.54) is 0 Å². The van der Waals surface area contributed by atoms with E-state index in [0.717, 1.165) is 50.8 Å². The molecule has 0 saturated carbocycles. The first-order valence-electron chi connectivity index (χ1n) is 9.49. The van der Waals surface area contributed by atoms with E-state index in [9.17, 15) is 14.4 Å². The van der Waals surface area contributed by atoms with Gasteiger partial charge >= 0.3 is 0 Å². The molecule has 3 nitrogen and oxygen atoms in total. The lowest BCUT2D eigenvalue weighted by atomic mass is 10.2. The van der Waals surface area contributed by atoms with E-state index in [1.807, 2.05) is 57.2 Å². The summed E-state index contributed by atoms with van der Waals surface area (Å²) in [6.45, 7) is 5.88. The van der Waals surface area contributed by atoms with Gasteiger partial charge in [0.15, 0.2) is 0 Å². The second-order valence-corrected chi connectivity index (χ2v) is 16.1. The predicted molar refractivity (Wildman–Crippen MR) is 136 cm³/mol. The van der Waals surface area contributed by atoms with Gasteiger partial charge in [0.2, 0.25) is 15.3 Å². The van der Waals surface area contributed by atoms with Crippen LogP contribution in [0.25, 0.3) is 0 Å². The SMILES string of the molecule is Cc1ccc(C(=O)SP(SC(=O)c2ccc(C)cc2)SC(=O)c2ccc(C)cc2)cc1. The van der Waals surface area contributed by atoms with Gasteiger partial charge in [-0.15, -0.1) is 0 Å². The molecule has 0 aliphatic heterocycles. The van der Waals surface area contributed by atoms with Gasteiger partial charge in [-0.3, -0.25) is 14.4 Å². The summed E-state index contributed by atoms with van der Waals surface area (Å²) in [6, 6.07) is 21.9. The van der Waals surface area contributed by atoms with Crippen LogP contribution in [0.2, 0.25) is 0 Å². The smallest absolute Gasteiger partial charge is 0.225 e. The molecule has 0 aromatic heterocycles. The molecule has 3 rings (SSSR count). The van der Waals surface area contributed by atoms with Crippen LogP contribution < -0.4 is 0 Å². The normalized spacial score (nSPS) is 10.8. The highest BCUT2D eigenvalue weighted by molar-refractivity contribution is 9.18. The van der Waals surface area contributed by atoms with E-state index in [1.54, 1.807) is 36.4 Å². The molecular weight excluding hydrogens is 463 g/mol. The number of aryl methyl sites for hydroxylation is 3. The van der Waals surface area contributed by atoms with E-state index in [-0.39, 0.29) is 15.3 Å². The molecule has 3 aromatic rings. The van der Waals surface area contributed by atoms with Gasteiger partial charge in [-0.2, -0.15) is 0 Å². The fourth-order valence-corrected chi connectivity index (χ4v) is 10.9. The Morgan fingerprint density at radius 3 is 0.935 bits per heavy atom. The van der Waals surface area contributed by atoms with Gasteiger partial charge in [0, 0.05) is 16.7 Å². The molecule has 3 aromatic carbocycles. The summed E-state index contributed by atoms with van der Waals surface area (Å²) in [5.41, 5.74) is 3.52. The number of carbonyl (C=O) groups excluding carboxylic acids is 3. The average Bonchev–Trinajstić information content (AvgIpc) is 2.75. The zero-order valence-electron chi connectivity index (χ0n) is 17.3. The zero-order chi connectivity index (χ0) is 22.4. The summed E-state index contributed by atoms with van der Waals surface area (Å²) in [7, 11) is 0. The minimum absolute atomic E-state index is 0.139. The van der Waals surface area contributed by atoms with E-state index in [4.69, 9.17) is 0 Å².